The summed E-state index contributed by atoms with van der Waals surface area (Å²) < 4.78 is 8.51. The summed E-state index contributed by atoms with van der Waals surface area (Å²) in [5.41, 5.74) is 1.04. The summed E-state index contributed by atoms with van der Waals surface area (Å²) in [4.78, 5) is 1.09. The quantitative estimate of drug-likeness (QED) is 0.431. The van der Waals surface area contributed by atoms with E-state index in [1.54, 1.807) is 11.3 Å². The number of halogens is 4. The third-order valence-electron chi connectivity index (χ3n) is 2.46. The zero-order chi connectivity index (χ0) is 14.0. The summed E-state index contributed by atoms with van der Waals surface area (Å²) in [7, 11) is 0. The standard InChI is InChI=1S/C13H10Br3ClOS/c1-2-18-10-4-3-7(5-8(10)14)12(17)11-6-9(15)13(16)19-11/h3-6,12H,2H2,1H3. The van der Waals surface area contributed by atoms with Crippen LogP contribution in [-0.2, 0) is 0 Å². The summed E-state index contributed by atoms with van der Waals surface area (Å²) in [6.45, 7) is 2.61. The molecule has 0 amide bonds. The Morgan fingerprint density at radius 2 is 1.95 bits per heavy atom. The lowest BCUT2D eigenvalue weighted by Crippen LogP contribution is -1.95. The number of hydrogen-bond acceptors (Lipinski definition) is 2. The number of benzene rings is 1. The summed E-state index contributed by atoms with van der Waals surface area (Å²) >= 11 is 18.6. The van der Waals surface area contributed by atoms with E-state index in [1.165, 1.54) is 0 Å². The molecule has 1 unspecified atom stereocenters. The monoisotopic (exact) mass is 486 g/mol. The van der Waals surface area contributed by atoms with Crippen LogP contribution in [0.4, 0.5) is 0 Å². The van der Waals surface area contributed by atoms with E-state index in [1.807, 2.05) is 31.2 Å². The number of rotatable bonds is 4. The van der Waals surface area contributed by atoms with Gasteiger partial charge in [-0.3, -0.25) is 0 Å². The fraction of sp³-hybridized carbons (Fsp3) is 0.231. The second-order valence-electron chi connectivity index (χ2n) is 3.76. The minimum Gasteiger partial charge on any atom is -0.493 e. The predicted octanol–water partition coefficient (Wildman–Crippen LogP) is 6.76. The van der Waals surface area contributed by atoms with Crippen LogP contribution in [0.25, 0.3) is 0 Å². The number of hydrogen-bond donors (Lipinski definition) is 0. The summed E-state index contributed by atoms with van der Waals surface area (Å²) in [6.07, 6.45) is 0. The molecule has 1 heterocycles. The van der Waals surface area contributed by atoms with Crippen molar-refractivity contribution < 1.29 is 4.74 Å². The van der Waals surface area contributed by atoms with Gasteiger partial charge in [0.25, 0.3) is 0 Å². The largest absolute Gasteiger partial charge is 0.493 e. The molecule has 0 aliphatic carbocycles. The zero-order valence-corrected chi connectivity index (χ0v) is 16.3. The smallest absolute Gasteiger partial charge is 0.133 e. The highest BCUT2D eigenvalue weighted by Crippen LogP contribution is 2.41. The minimum atomic E-state index is -0.167. The minimum absolute atomic E-state index is 0.167. The van der Waals surface area contributed by atoms with Crippen molar-refractivity contribution in [1.82, 2.24) is 0 Å². The van der Waals surface area contributed by atoms with Gasteiger partial charge in [0.05, 0.1) is 20.2 Å². The number of thiophene rings is 1. The van der Waals surface area contributed by atoms with Crippen LogP contribution >= 0.6 is 70.7 Å². The van der Waals surface area contributed by atoms with E-state index in [0.717, 1.165) is 28.9 Å². The molecule has 0 bridgehead atoms. The zero-order valence-electron chi connectivity index (χ0n) is 9.92. The Morgan fingerprint density at radius 1 is 1.21 bits per heavy atom. The van der Waals surface area contributed by atoms with Crippen LogP contribution in [0.2, 0.25) is 0 Å². The molecule has 1 aromatic heterocycles. The van der Waals surface area contributed by atoms with Gasteiger partial charge in [0.15, 0.2) is 0 Å². The molecule has 19 heavy (non-hydrogen) atoms. The average Bonchev–Trinajstić information content (AvgIpc) is 2.71. The van der Waals surface area contributed by atoms with Crippen molar-refractivity contribution in [2.24, 2.45) is 0 Å². The molecule has 2 rings (SSSR count). The van der Waals surface area contributed by atoms with Crippen molar-refractivity contribution in [2.45, 2.75) is 12.3 Å². The van der Waals surface area contributed by atoms with Crippen molar-refractivity contribution in [3.63, 3.8) is 0 Å². The van der Waals surface area contributed by atoms with Gasteiger partial charge < -0.3 is 4.74 Å². The molecule has 2 aromatic rings. The summed E-state index contributed by atoms with van der Waals surface area (Å²) in [5, 5.41) is -0.167. The van der Waals surface area contributed by atoms with Crippen LogP contribution in [-0.4, -0.2) is 6.61 Å². The van der Waals surface area contributed by atoms with Gasteiger partial charge in [0.1, 0.15) is 5.75 Å². The molecule has 0 fully saturated rings. The maximum Gasteiger partial charge on any atom is 0.133 e. The normalized spacial score (nSPS) is 12.5. The first kappa shape index (κ1) is 15.8. The van der Waals surface area contributed by atoms with Gasteiger partial charge in [-0.1, -0.05) is 6.07 Å². The SMILES string of the molecule is CCOc1ccc(C(Cl)c2cc(Br)c(Br)s2)cc1Br. The van der Waals surface area contributed by atoms with Crippen molar-refractivity contribution in [1.29, 1.82) is 0 Å². The van der Waals surface area contributed by atoms with E-state index in [-0.39, 0.29) is 5.38 Å². The maximum atomic E-state index is 6.53. The van der Waals surface area contributed by atoms with E-state index >= 15 is 0 Å². The molecule has 0 spiro atoms. The fourth-order valence-electron chi connectivity index (χ4n) is 1.60. The topological polar surface area (TPSA) is 9.23 Å². The molecule has 1 atom stereocenters. The van der Waals surface area contributed by atoms with E-state index in [9.17, 15) is 0 Å². The van der Waals surface area contributed by atoms with Gasteiger partial charge in [-0.15, -0.1) is 22.9 Å². The van der Waals surface area contributed by atoms with Crippen molar-refractivity contribution in [2.75, 3.05) is 6.61 Å². The van der Waals surface area contributed by atoms with Crippen LogP contribution in [0.15, 0.2) is 37.0 Å². The van der Waals surface area contributed by atoms with Gasteiger partial charge in [-0.2, -0.15) is 0 Å². The predicted molar refractivity (Wildman–Crippen MR) is 92.7 cm³/mol. The number of alkyl halides is 1. The van der Waals surface area contributed by atoms with E-state index in [0.29, 0.717) is 6.61 Å². The first-order chi connectivity index (χ1) is 9.02. The summed E-state index contributed by atoms with van der Waals surface area (Å²) in [5.74, 6) is 0.837. The second kappa shape index (κ2) is 6.94. The van der Waals surface area contributed by atoms with Crippen LogP contribution in [0, 0.1) is 0 Å². The molecule has 102 valence electrons. The molecule has 1 nitrogen and oxygen atoms in total. The Kier molecular flexibility index (Phi) is 5.78. The number of ether oxygens (including phenoxy) is 1. The van der Waals surface area contributed by atoms with Gasteiger partial charge in [-0.05, 0) is 78.5 Å². The van der Waals surface area contributed by atoms with Gasteiger partial charge in [0.2, 0.25) is 0 Å². The Balaban J connectivity index is 2.28. The molecule has 0 saturated carbocycles. The molecular weight excluding hydrogens is 479 g/mol. The molecule has 0 aliphatic heterocycles. The molecule has 0 N–H and O–H groups in total. The third-order valence-corrected chi connectivity index (χ3v) is 7.02. The van der Waals surface area contributed by atoms with E-state index in [4.69, 9.17) is 16.3 Å². The van der Waals surface area contributed by atoms with E-state index in [2.05, 4.69) is 47.8 Å². The van der Waals surface area contributed by atoms with Crippen LogP contribution in [0.5, 0.6) is 5.75 Å². The lowest BCUT2D eigenvalue weighted by atomic mass is 10.1. The van der Waals surface area contributed by atoms with Gasteiger partial charge in [-0.25, -0.2) is 0 Å². The first-order valence-electron chi connectivity index (χ1n) is 5.54. The Labute approximate surface area is 146 Å². The van der Waals surface area contributed by atoms with Crippen LogP contribution in [0.1, 0.15) is 22.7 Å². The van der Waals surface area contributed by atoms with Crippen molar-refractivity contribution in [3.05, 3.63) is 47.4 Å². The molecule has 1 aromatic carbocycles. The van der Waals surface area contributed by atoms with Crippen LogP contribution in [0.3, 0.4) is 0 Å². The Hall–Kier alpha value is 0.450. The molecule has 0 aliphatic rings. The highest BCUT2D eigenvalue weighted by molar-refractivity contribution is 9.13. The summed E-state index contributed by atoms with van der Waals surface area (Å²) in [6, 6.07) is 7.98. The maximum absolute atomic E-state index is 6.53. The molecule has 0 saturated heterocycles. The molecular formula is C13H10Br3ClOS. The molecule has 6 heteroatoms. The third kappa shape index (κ3) is 3.76. The van der Waals surface area contributed by atoms with Crippen molar-refractivity contribution in [3.8, 4) is 5.75 Å². The van der Waals surface area contributed by atoms with Crippen molar-refractivity contribution >= 4 is 70.7 Å². The van der Waals surface area contributed by atoms with Gasteiger partial charge >= 0.3 is 0 Å². The lowest BCUT2D eigenvalue weighted by molar-refractivity contribution is 0.338. The fourth-order valence-corrected chi connectivity index (χ4v) is 4.54. The second-order valence-corrected chi connectivity index (χ2v) is 8.30. The Morgan fingerprint density at radius 3 is 2.47 bits per heavy atom. The average molecular weight is 489 g/mol. The first-order valence-corrected chi connectivity index (χ1v) is 9.17. The highest BCUT2D eigenvalue weighted by Gasteiger charge is 2.16. The highest BCUT2D eigenvalue weighted by atomic mass is 79.9. The lowest BCUT2D eigenvalue weighted by Gasteiger charge is -2.11. The van der Waals surface area contributed by atoms with Gasteiger partial charge in [0, 0.05) is 9.35 Å². The Bertz CT molecular complexity index is 566. The van der Waals surface area contributed by atoms with E-state index < -0.39 is 0 Å². The van der Waals surface area contributed by atoms with Crippen LogP contribution < -0.4 is 4.74 Å². The molecule has 0 radical (unpaired) electrons.